The summed E-state index contributed by atoms with van der Waals surface area (Å²) in [6, 6.07) is 21.9. The molecule has 1 heterocycles. The molecular weight excluding hydrogens is 430 g/mol. The van der Waals surface area contributed by atoms with Crippen molar-refractivity contribution in [2.24, 2.45) is 5.92 Å². The number of carbonyl (C=O) groups excluding carboxylic acids is 3. The molecule has 0 bridgehead atoms. The first-order valence-electron chi connectivity index (χ1n) is 11.1. The number of para-hydroxylation sites is 1. The molecule has 7 nitrogen and oxygen atoms in total. The summed E-state index contributed by atoms with van der Waals surface area (Å²) in [4.78, 5) is 40.0. The maximum atomic E-state index is 13.0. The molecule has 34 heavy (non-hydrogen) atoms. The number of methoxy groups -OCH3 is 1. The Morgan fingerprint density at radius 2 is 1.71 bits per heavy atom. The van der Waals surface area contributed by atoms with Gasteiger partial charge in [-0.2, -0.15) is 0 Å². The maximum absolute atomic E-state index is 13.0. The average Bonchev–Trinajstić information content (AvgIpc) is 3.25. The minimum absolute atomic E-state index is 0.0884. The average molecular weight is 458 g/mol. The van der Waals surface area contributed by atoms with Crippen LogP contribution in [0.2, 0.25) is 0 Å². The third-order valence-corrected chi connectivity index (χ3v) is 5.88. The van der Waals surface area contributed by atoms with E-state index < -0.39 is 5.92 Å². The smallest absolute Gasteiger partial charge is 0.253 e. The summed E-state index contributed by atoms with van der Waals surface area (Å²) in [5.74, 6) is -0.415. The second-order valence-corrected chi connectivity index (χ2v) is 8.31. The zero-order valence-electron chi connectivity index (χ0n) is 19.2. The highest BCUT2D eigenvalue weighted by molar-refractivity contribution is 6.07. The van der Waals surface area contributed by atoms with Crippen molar-refractivity contribution in [3.05, 3.63) is 89.5 Å². The Bertz CT molecular complexity index is 1190. The SMILES string of the molecule is COc1ccc(CNC(=O)c2ccccc2NC(=O)[C@@H]2CC(=O)N(c3ccc(C)cc3)C2)cc1. The fraction of sp³-hybridized carbons (Fsp3) is 0.222. The van der Waals surface area contributed by atoms with E-state index in [0.29, 0.717) is 24.3 Å². The van der Waals surface area contributed by atoms with Crippen molar-refractivity contribution in [3.63, 3.8) is 0 Å². The molecule has 3 aromatic rings. The van der Waals surface area contributed by atoms with Crippen LogP contribution in [0.1, 0.15) is 27.9 Å². The van der Waals surface area contributed by atoms with E-state index >= 15 is 0 Å². The Kier molecular flexibility index (Phi) is 6.92. The summed E-state index contributed by atoms with van der Waals surface area (Å²) in [5.41, 5.74) is 3.59. The van der Waals surface area contributed by atoms with E-state index in [1.807, 2.05) is 55.5 Å². The summed E-state index contributed by atoms with van der Waals surface area (Å²) in [7, 11) is 1.60. The van der Waals surface area contributed by atoms with Gasteiger partial charge in [0.05, 0.1) is 24.3 Å². The predicted octanol–water partition coefficient (Wildman–Crippen LogP) is 3.93. The number of rotatable bonds is 7. The highest BCUT2D eigenvalue weighted by Crippen LogP contribution is 2.27. The van der Waals surface area contributed by atoms with Gasteiger partial charge in [-0.1, -0.05) is 42.0 Å². The lowest BCUT2D eigenvalue weighted by Gasteiger charge is -2.17. The fourth-order valence-electron chi connectivity index (χ4n) is 3.90. The van der Waals surface area contributed by atoms with E-state index in [1.54, 1.807) is 36.3 Å². The van der Waals surface area contributed by atoms with Crippen LogP contribution in [0.5, 0.6) is 5.75 Å². The van der Waals surface area contributed by atoms with Crippen molar-refractivity contribution in [1.29, 1.82) is 0 Å². The van der Waals surface area contributed by atoms with Gasteiger partial charge in [-0.25, -0.2) is 0 Å². The number of hydrogen-bond acceptors (Lipinski definition) is 4. The minimum atomic E-state index is -0.496. The van der Waals surface area contributed by atoms with Crippen LogP contribution >= 0.6 is 0 Å². The largest absolute Gasteiger partial charge is 0.497 e. The molecule has 1 saturated heterocycles. The predicted molar refractivity (Wildman–Crippen MR) is 131 cm³/mol. The summed E-state index contributed by atoms with van der Waals surface area (Å²) in [5, 5.41) is 5.74. The number of hydrogen-bond donors (Lipinski definition) is 2. The summed E-state index contributed by atoms with van der Waals surface area (Å²) in [6.07, 6.45) is 0.130. The van der Waals surface area contributed by atoms with Gasteiger partial charge in [-0.05, 0) is 48.9 Å². The van der Waals surface area contributed by atoms with Crippen LogP contribution in [0.4, 0.5) is 11.4 Å². The van der Waals surface area contributed by atoms with Crippen LogP contribution in [0, 0.1) is 12.8 Å². The lowest BCUT2D eigenvalue weighted by atomic mass is 10.1. The van der Waals surface area contributed by atoms with Gasteiger partial charge in [-0.15, -0.1) is 0 Å². The van der Waals surface area contributed by atoms with Gasteiger partial charge in [-0.3, -0.25) is 14.4 Å². The van der Waals surface area contributed by atoms with Crippen molar-refractivity contribution in [1.82, 2.24) is 5.32 Å². The molecule has 0 aromatic heterocycles. The molecule has 0 unspecified atom stereocenters. The number of ether oxygens (including phenoxy) is 1. The van der Waals surface area contributed by atoms with Crippen LogP contribution in [-0.2, 0) is 16.1 Å². The number of anilines is 2. The van der Waals surface area contributed by atoms with Gasteiger partial charge in [0.25, 0.3) is 5.91 Å². The van der Waals surface area contributed by atoms with Crippen LogP contribution in [0.3, 0.4) is 0 Å². The molecule has 0 aliphatic carbocycles. The maximum Gasteiger partial charge on any atom is 0.253 e. The zero-order chi connectivity index (χ0) is 24.1. The zero-order valence-corrected chi connectivity index (χ0v) is 19.2. The Morgan fingerprint density at radius 3 is 2.41 bits per heavy atom. The van der Waals surface area contributed by atoms with Crippen molar-refractivity contribution in [2.45, 2.75) is 19.9 Å². The third kappa shape index (κ3) is 5.26. The number of amides is 3. The van der Waals surface area contributed by atoms with Crippen molar-refractivity contribution >= 4 is 29.1 Å². The van der Waals surface area contributed by atoms with Crippen molar-refractivity contribution in [3.8, 4) is 5.75 Å². The third-order valence-electron chi connectivity index (χ3n) is 5.88. The topological polar surface area (TPSA) is 87.7 Å². The van der Waals surface area contributed by atoms with Gasteiger partial charge >= 0.3 is 0 Å². The molecule has 1 atom stereocenters. The van der Waals surface area contributed by atoms with E-state index in [-0.39, 0.29) is 24.1 Å². The molecule has 3 aromatic carbocycles. The molecule has 1 aliphatic heterocycles. The molecule has 174 valence electrons. The highest BCUT2D eigenvalue weighted by atomic mass is 16.5. The summed E-state index contributed by atoms with van der Waals surface area (Å²) >= 11 is 0. The normalized spacial score (nSPS) is 15.2. The quantitative estimate of drug-likeness (QED) is 0.563. The van der Waals surface area contributed by atoms with Gasteiger partial charge in [0, 0.05) is 25.2 Å². The van der Waals surface area contributed by atoms with Crippen LogP contribution in [-0.4, -0.2) is 31.4 Å². The number of nitrogens with zero attached hydrogens (tertiary/aromatic N) is 1. The summed E-state index contributed by atoms with van der Waals surface area (Å²) < 4.78 is 5.15. The van der Waals surface area contributed by atoms with E-state index in [4.69, 9.17) is 4.74 Å². The molecule has 0 saturated carbocycles. The summed E-state index contributed by atoms with van der Waals surface area (Å²) in [6.45, 7) is 2.63. The molecule has 0 spiro atoms. The first-order chi connectivity index (χ1) is 16.4. The fourth-order valence-corrected chi connectivity index (χ4v) is 3.90. The van der Waals surface area contributed by atoms with Crippen LogP contribution in [0.25, 0.3) is 0 Å². The number of carbonyl (C=O) groups is 3. The minimum Gasteiger partial charge on any atom is -0.497 e. The Morgan fingerprint density at radius 1 is 1.00 bits per heavy atom. The first kappa shape index (κ1) is 23.0. The first-order valence-corrected chi connectivity index (χ1v) is 11.1. The molecule has 3 amide bonds. The van der Waals surface area contributed by atoms with Gasteiger partial charge in [0.2, 0.25) is 11.8 Å². The standard InChI is InChI=1S/C27H27N3O4/c1-18-7-11-21(12-8-18)30-17-20(15-25(30)31)26(32)29-24-6-4-3-5-23(24)27(33)28-16-19-9-13-22(34-2)14-10-19/h3-14,20H,15-17H2,1-2H3,(H,28,33)(H,29,32)/t20-/m1/s1. The second-order valence-electron chi connectivity index (χ2n) is 8.31. The molecular formula is C27H27N3O4. The molecule has 0 radical (unpaired) electrons. The second kappa shape index (κ2) is 10.2. The van der Waals surface area contributed by atoms with Crippen LogP contribution < -0.4 is 20.3 Å². The Labute approximate surface area is 198 Å². The van der Waals surface area contributed by atoms with E-state index in [1.165, 1.54) is 0 Å². The van der Waals surface area contributed by atoms with Crippen molar-refractivity contribution < 1.29 is 19.1 Å². The number of benzene rings is 3. The van der Waals surface area contributed by atoms with E-state index in [2.05, 4.69) is 10.6 Å². The number of aryl methyl sites for hydroxylation is 1. The lowest BCUT2D eigenvalue weighted by Crippen LogP contribution is -2.29. The lowest BCUT2D eigenvalue weighted by molar-refractivity contribution is -0.122. The van der Waals surface area contributed by atoms with Crippen LogP contribution in [0.15, 0.2) is 72.8 Å². The monoisotopic (exact) mass is 457 g/mol. The van der Waals surface area contributed by atoms with Crippen molar-refractivity contribution in [2.75, 3.05) is 23.9 Å². The Balaban J connectivity index is 1.40. The molecule has 1 aliphatic rings. The molecule has 7 heteroatoms. The van der Waals surface area contributed by atoms with E-state index in [9.17, 15) is 14.4 Å². The van der Waals surface area contributed by atoms with Gasteiger partial charge in [0.1, 0.15) is 5.75 Å². The molecule has 1 fully saturated rings. The highest BCUT2D eigenvalue weighted by Gasteiger charge is 2.35. The number of nitrogens with one attached hydrogen (secondary N) is 2. The molecule has 2 N–H and O–H groups in total. The van der Waals surface area contributed by atoms with Gasteiger partial charge in [0.15, 0.2) is 0 Å². The Hall–Kier alpha value is -4.13. The van der Waals surface area contributed by atoms with E-state index in [0.717, 1.165) is 22.6 Å². The molecule has 4 rings (SSSR count). The van der Waals surface area contributed by atoms with Gasteiger partial charge < -0.3 is 20.3 Å².